The van der Waals surface area contributed by atoms with E-state index >= 15 is 0 Å². The molecule has 0 fully saturated rings. The predicted octanol–water partition coefficient (Wildman–Crippen LogP) is 32.8. The van der Waals surface area contributed by atoms with Gasteiger partial charge in [-0.1, -0.05) is 313 Å². The second-order valence-corrected chi connectivity index (χ2v) is 37.8. The highest BCUT2D eigenvalue weighted by Crippen LogP contribution is 2.55. The molecule has 138 heavy (non-hydrogen) atoms. The molecular formula is C127H83N9O2. The van der Waals surface area contributed by atoms with E-state index in [0.29, 0.717) is 23.4 Å². The van der Waals surface area contributed by atoms with Crippen LogP contribution in [0, 0.1) is 0 Å². The number of hydrogen-bond donors (Lipinski definition) is 0. The molecule has 648 valence electrons. The monoisotopic (exact) mass is 1770 g/mol. The van der Waals surface area contributed by atoms with E-state index < -0.39 is 0 Å². The molecule has 0 N–H and O–H groups in total. The maximum Gasteiger partial charge on any atom is 0.235 e. The van der Waals surface area contributed by atoms with Gasteiger partial charge in [0.2, 0.25) is 5.95 Å². The number of para-hydroxylation sites is 5. The number of nitrogens with zero attached hydrogens (tertiary/aromatic N) is 9. The first-order valence-corrected chi connectivity index (χ1v) is 47.2. The van der Waals surface area contributed by atoms with E-state index in [-0.39, 0.29) is 10.8 Å². The Hall–Kier alpha value is -17.9. The maximum atomic E-state index is 6.79. The Morgan fingerprint density at radius 1 is 0.181 bits per heavy atom. The van der Waals surface area contributed by atoms with Crippen molar-refractivity contribution >= 4 is 131 Å². The predicted molar refractivity (Wildman–Crippen MR) is 567 cm³/mol. The van der Waals surface area contributed by atoms with Crippen molar-refractivity contribution in [3.05, 3.63) is 453 Å². The van der Waals surface area contributed by atoms with E-state index in [1.165, 1.54) is 93.5 Å². The smallest absolute Gasteiger partial charge is 0.235 e. The van der Waals surface area contributed by atoms with Crippen molar-refractivity contribution in [1.82, 2.24) is 43.2 Å². The van der Waals surface area contributed by atoms with Crippen LogP contribution in [0.5, 0.6) is 0 Å². The van der Waals surface area contributed by atoms with E-state index in [1.807, 2.05) is 78.9 Å². The first-order valence-electron chi connectivity index (χ1n) is 47.2. The van der Waals surface area contributed by atoms with Crippen LogP contribution in [-0.4, -0.2) is 43.2 Å². The van der Waals surface area contributed by atoms with E-state index in [0.717, 1.165) is 161 Å². The van der Waals surface area contributed by atoms with Crippen LogP contribution >= 0.6 is 0 Å². The van der Waals surface area contributed by atoms with Crippen LogP contribution < -0.4 is 0 Å². The normalized spacial score (nSPS) is 13.0. The summed E-state index contributed by atoms with van der Waals surface area (Å²) >= 11 is 0. The standard InChI is InChI=1S/C66H43N5O.C61H40N4O/c1-66(2)55-32-30-42(43-29-31-48-53-37-54-49-26-13-15-28-61(49)72-62(54)39-60(53)70(58(48)35-43)45-22-10-5-11-23-45)34-50(55)51-36-52-47-25-12-14-27-57(47)71(59(52)38-56(51)66)46-24-16-21-44(33-46)65-68-63(40-17-6-3-7-18-40)67-64(69-65)41-19-8-4-9-20-41;1-61(2)50-24-14-12-22-42(50)45-32-48-46-30-39(27-29-55(46)65(56(48)34-51(45)61)60-62-52(37-16-6-3-7-17-37)35-53(63-60)38-18-8-4-9-19-38)40-26-28-44-49-33-47-43-23-13-15-25-54(43)64(41-20-10-5-11-21-41)57(47)36-59(49)66-58(44)31-40/h3-39H,1-2H3;3-36H,1-2H3. The Kier molecular flexibility index (Phi) is 17.3. The topological polar surface area (TPSA) is 110 Å². The number of benzene rings is 19. The van der Waals surface area contributed by atoms with Crippen LogP contribution in [0.3, 0.4) is 0 Å². The largest absolute Gasteiger partial charge is 0.456 e. The summed E-state index contributed by atoms with van der Waals surface area (Å²) < 4.78 is 22.7. The zero-order chi connectivity index (χ0) is 91.3. The highest BCUT2D eigenvalue weighted by atomic mass is 16.3. The van der Waals surface area contributed by atoms with Gasteiger partial charge in [0.1, 0.15) is 22.3 Å². The number of fused-ring (bicyclic) bond motifs is 24. The zero-order valence-electron chi connectivity index (χ0n) is 75.8. The summed E-state index contributed by atoms with van der Waals surface area (Å²) in [5.74, 6) is 2.55. The molecule has 2 aliphatic rings. The maximum absolute atomic E-state index is 6.79. The fourth-order valence-corrected chi connectivity index (χ4v) is 22.6. The average molecular weight is 1770 g/mol. The SMILES string of the molecule is CC1(C)c2ccc(-c3ccc4c5cc6c(cc5n(-c5ccccc5)c4c3)oc3ccccc36)cc2-c2cc3c4ccccc4n(-c4cccc(-c5nc(-c6ccccc6)nc(-c6ccccc6)n5)c4)c3cc21.CC1(C)c2ccccc2-c2cc3c4cc(-c5ccc6c(c5)oc5cc7c(cc56)c5ccccc5n7-c5ccccc5)ccc4n(-c4nc(-c5ccccc5)cc(-c5ccccc5)n4)c3cc21. The van der Waals surface area contributed by atoms with Gasteiger partial charge in [-0.25, -0.2) is 24.9 Å². The van der Waals surface area contributed by atoms with Crippen molar-refractivity contribution in [2.45, 2.75) is 38.5 Å². The number of aromatic nitrogens is 9. The molecule has 19 aromatic carbocycles. The minimum absolute atomic E-state index is 0.181. The van der Waals surface area contributed by atoms with Crippen molar-refractivity contribution in [3.8, 4) is 124 Å². The summed E-state index contributed by atoms with van der Waals surface area (Å²) in [4.78, 5) is 25.9. The van der Waals surface area contributed by atoms with Crippen LogP contribution in [0.2, 0.25) is 0 Å². The lowest BCUT2D eigenvalue weighted by molar-refractivity contribution is 0.661. The van der Waals surface area contributed by atoms with Gasteiger partial charge in [-0.15, -0.1) is 0 Å². The van der Waals surface area contributed by atoms with Crippen LogP contribution in [-0.2, 0) is 10.8 Å². The third-order valence-electron chi connectivity index (χ3n) is 29.3. The molecule has 27 aromatic rings. The van der Waals surface area contributed by atoms with E-state index in [2.05, 4.69) is 398 Å². The van der Waals surface area contributed by atoms with Gasteiger partial charge in [0.15, 0.2) is 17.5 Å². The van der Waals surface area contributed by atoms with Gasteiger partial charge in [-0.05, 0) is 200 Å². The minimum Gasteiger partial charge on any atom is -0.456 e. The Morgan fingerprint density at radius 2 is 0.551 bits per heavy atom. The molecule has 0 aliphatic heterocycles. The van der Waals surface area contributed by atoms with Crippen LogP contribution in [0.4, 0.5) is 0 Å². The molecule has 0 saturated carbocycles. The van der Waals surface area contributed by atoms with Crippen LogP contribution in [0.1, 0.15) is 49.9 Å². The summed E-state index contributed by atoms with van der Waals surface area (Å²) in [6, 6.07) is 154. The second kappa shape index (κ2) is 30.3. The molecule has 29 rings (SSSR count). The molecule has 0 unspecified atom stereocenters. The molecule has 0 bridgehead atoms. The number of hydrogen-bond acceptors (Lipinski definition) is 7. The number of rotatable bonds is 11. The van der Waals surface area contributed by atoms with Crippen molar-refractivity contribution in [1.29, 1.82) is 0 Å². The molecule has 0 atom stereocenters. The lowest BCUT2D eigenvalue weighted by atomic mass is 9.82. The van der Waals surface area contributed by atoms with Crippen molar-refractivity contribution in [2.24, 2.45) is 0 Å². The molecule has 0 saturated heterocycles. The number of furan rings is 2. The molecule has 11 heteroatoms. The molecule has 8 heterocycles. The van der Waals surface area contributed by atoms with E-state index in [9.17, 15) is 0 Å². The molecule has 8 aromatic heterocycles. The molecule has 0 amide bonds. The van der Waals surface area contributed by atoms with Crippen LogP contribution in [0.25, 0.3) is 255 Å². The minimum atomic E-state index is -0.238. The Bertz CT molecular complexity index is 9650. The summed E-state index contributed by atoms with van der Waals surface area (Å²) in [5.41, 5.74) is 37.1. The van der Waals surface area contributed by atoms with Crippen molar-refractivity contribution in [2.75, 3.05) is 0 Å². The van der Waals surface area contributed by atoms with Gasteiger partial charge in [0.05, 0.1) is 55.5 Å². The molecule has 2 aliphatic carbocycles. The van der Waals surface area contributed by atoms with Crippen LogP contribution in [0.15, 0.2) is 440 Å². The van der Waals surface area contributed by atoms with Gasteiger partial charge >= 0.3 is 0 Å². The molecular weight excluding hydrogens is 1680 g/mol. The zero-order valence-corrected chi connectivity index (χ0v) is 75.8. The third kappa shape index (κ3) is 12.2. The highest BCUT2D eigenvalue weighted by Gasteiger charge is 2.39. The Balaban J connectivity index is 0.000000137. The average Bonchev–Trinajstić information content (AvgIpc) is 1.55. The Morgan fingerprint density at radius 3 is 1.16 bits per heavy atom. The first kappa shape index (κ1) is 78.7. The van der Waals surface area contributed by atoms with Gasteiger partial charge < -0.3 is 22.5 Å². The fraction of sp³-hybridized carbons (Fsp3) is 0.0472. The first-order chi connectivity index (χ1) is 67.9. The lowest BCUT2D eigenvalue weighted by Gasteiger charge is -2.22. The second-order valence-electron chi connectivity index (χ2n) is 37.8. The van der Waals surface area contributed by atoms with Gasteiger partial charge in [-0.2, -0.15) is 0 Å². The van der Waals surface area contributed by atoms with Crippen molar-refractivity contribution < 1.29 is 8.83 Å². The van der Waals surface area contributed by atoms with E-state index in [4.69, 9.17) is 33.8 Å². The summed E-state index contributed by atoms with van der Waals surface area (Å²) in [7, 11) is 0. The third-order valence-corrected chi connectivity index (χ3v) is 29.3. The Labute approximate surface area is 793 Å². The quantitative estimate of drug-likeness (QED) is 0.127. The van der Waals surface area contributed by atoms with Gasteiger partial charge in [0, 0.05) is 132 Å². The molecule has 0 spiro atoms. The summed E-state index contributed by atoms with van der Waals surface area (Å²) in [5, 5.41) is 14.1. The molecule has 11 nitrogen and oxygen atoms in total. The highest BCUT2D eigenvalue weighted by molar-refractivity contribution is 6.21. The van der Waals surface area contributed by atoms with Gasteiger partial charge in [0.25, 0.3) is 0 Å². The lowest BCUT2D eigenvalue weighted by Crippen LogP contribution is -2.15. The summed E-state index contributed by atoms with van der Waals surface area (Å²) in [6.07, 6.45) is 0. The fourth-order valence-electron chi connectivity index (χ4n) is 22.6. The van der Waals surface area contributed by atoms with Gasteiger partial charge in [-0.3, -0.25) is 4.57 Å². The van der Waals surface area contributed by atoms with Crippen molar-refractivity contribution in [3.63, 3.8) is 0 Å². The van der Waals surface area contributed by atoms with E-state index in [1.54, 1.807) is 0 Å². The summed E-state index contributed by atoms with van der Waals surface area (Å²) in [6.45, 7) is 9.43. The molecule has 0 radical (unpaired) electrons.